The molecule has 210 valence electrons. The predicted molar refractivity (Wildman–Crippen MR) is 186 cm³/mol. The summed E-state index contributed by atoms with van der Waals surface area (Å²) in [5, 5.41) is 0. The van der Waals surface area contributed by atoms with Crippen molar-refractivity contribution >= 4 is 23.3 Å². The zero-order valence-corrected chi connectivity index (χ0v) is 24.8. The van der Waals surface area contributed by atoms with Crippen LogP contribution in [0.25, 0.3) is 34.4 Å². The molecular formula is C42H36O. The quantitative estimate of drug-likeness (QED) is 0.123. The molecule has 0 heterocycles. The van der Waals surface area contributed by atoms with Gasteiger partial charge in [-0.25, -0.2) is 0 Å². The number of hydrogen-bond acceptors (Lipinski definition) is 1. The third-order valence-corrected chi connectivity index (χ3v) is 7.30. The Morgan fingerprint density at radius 1 is 0.581 bits per heavy atom. The lowest BCUT2D eigenvalue weighted by atomic mass is 9.93. The van der Waals surface area contributed by atoms with E-state index in [9.17, 15) is 0 Å². The fourth-order valence-corrected chi connectivity index (χ4v) is 5.09. The minimum absolute atomic E-state index is 0.852. The molecule has 5 aromatic carbocycles. The van der Waals surface area contributed by atoms with Gasteiger partial charge in [0.25, 0.3) is 0 Å². The molecule has 0 unspecified atom stereocenters. The first-order valence-corrected chi connectivity index (χ1v) is 14.5. The standard InChI is InChI=1S/C42H36O/c1-4-12-36(13-5-2)41(37-14-8-6-9-15-37)30-32-18-22-34(23-19-32)35-24-20-33(21-25-35)31-42(38-16-10-7-11-17-38)39-26-28-40(43-3)29-27-39/h4-31H,1H2,2-3H3/b13-5-,36-12+,41-30+,42-31-. The maximum atomic E-state index is 5.37. The summed E-state index contributed by atoms with van der Waals surface area (Å²) in [6.45, 7) is 5.96. The monoisotopic (exact) mass is 556 g/mol. The van der Waals surface area contributed by atoms with Crippen molar-refractivity contribution in [2.45, 2.75) is 6.92 Å². The van der Waals surface area contributed by atoms with E-state index >= 15 is 0 Å². The van der Waals surface area contributed by atoms with Gasteiger partial charge in [0.05, 0.1) is 7.11 Å². The van der Waals surface area contributed by atoms with Gasteiger partial charge in [-0.3, -0.25) is 0 Å². The summed E-state index contributed by atoms with van der Waals surface area (Å²) in [5.41, 5.74) is 11.6. The van der Waals surface area contributed by atoms with E-state index < -0.39 is 0 Å². The van der Waals surface area contributed by atoms with E-state index in [4.69, 9.17) is 4.74 Å². The zero-order chi connectivity index (χ0) is 29.9. The number of hydrogen-bond donors (Lipinski definition) is 0. The molecule has 0 saturated heterocycles. The van der Waals surface area contributed by atoms with Crippen molar-refractivity contribution < 1.29 is 4.74 Å². The van der Waals surface area contributed by atoms with Crippen molar-refractivity contribution in [1.29, 1.82) is 0 Å². The van der Waals surface area contributed by atoms with E-state index in [1.807, 2.05) is 37.3 Å². The topological polar surface area (TPSA) is 9.23 Å². The van der Waals surface area contributed by atoms with Crippen LogP contribution in [0.4, 0.5) is 0 Å². The van der Waals surface area contributed by atoms with Crippen molar-refractivity contribution in [3.63, 3.8) is 0 Å². The van der Waals surface area contributed by atoms with E-state index in [0.717, 1.165) is 33.6 Å². The molecule has 0 spiro atoms. The lowest BCUT2D eigenvalue weighted by Gasteiger charge is -2.11. The Balaban J connectivity index is 1.43. The molecule has 0 N–H and O–H groups in total. The van der Waals surface area contributed by atoms with Gasteiger partial charge in [0.15, 0.2) is 0 Å². The summed E-state index contributed by atoms with van der Waals surface area (Å²) < 4.78 is 5.37. The Kier molecular flexibility index (Phi) is 9.80. The Bertz CT molecular complexity index is 1750. The van der Waals surface area contributed by atoms with Crippen LogP contribution in [-0.4, -0.2) is 7.11 Å². The molecule has 0 radical (unpaired) electrons. The van der Waals surface area contributed by atoms with Crippen molar-refractivity contribution in [2.75, 3.05) is 7.11 Å². The summed E-state index contributed by atoms with van der Waals surface area (Å²) in [6.07, 6.45) is 12.6. The fourth-order valence-electron chi connectivity index (χ4n) is 5.09. The molecule has 0 aliphatic rings. The molecule has 5 rings (SSSR count). The summed E-state index contributed by atoms with van der Waals surface area (Å²) in [7, 11) is 1.69. The Morgan fingerprint density at radius 3 is 1.60 bits per heavy atom. The van der Waals surface area contributed by atoms with E-state index in [1.165, 1.54) is 27.8 Å². The molecule has 0 aliphatic carbocycles. The van der Waals surface area contributed by atoms with Crippen LogP contribution in [0, 0.1) is 0 Å². The lowest BCUT2D eigenvalue weighted by Crippen LogP contribution is -1.90. The first-order valence-electron chi connectivity index (χ1n) is 14.5. The largest absolute Gasteiger partial charge is 0.497 e. The number of benzene rings is 5. The average Bonchev–Trinajstić information content (AvgIpc) is 3.07. The van der Waals surface area contributed by atoms with Gasteiger partial charge in [-0.05, 0) is 86.9 Å². The Labute approximate surface area is 256 Å². The van der Waals surface area contributed by atoms with Crippen LogP contribution >= 0.6 is 0 Å². The highest BCUT2D eigenvalue weighted by Gasteiger charge is 2.08. The van der Waals surface area contributed by atoms with Gasteiger partial charge in [-0.2, -0.15) is 0 Å². The highest BCUT2D eigenvalue weighted by atomic mass is 16.5. The first-order chi connectivity index (χ1) is 21.2. The maximum absolute atomic E-state index is 5.37. The van der Waals surface area contributed by atoms with Crippen molar-refractivity contribution in [3.8, 4) is 16.9 Å². The molecule has 0 atom stereocenters. The highest BCUT2D eigenvalue weighted by molar-refractivity contribution is 5.93. The number of rotatable bonds is 10. The second kappa shape index (κ2) is 14.5. The van der Waals surface area contributed by atoms with Gasteiger partial charge in [-0.1, -0.05) is 152 Å². The van der Waals surface area contributed by atoms with Crippen LogP contribution in [0.2, 0.25) is 0 Å². The Hall–Kier alpha value is -5.40. The van der Waals surface area contributed by atoms with Gasteiger partial charge in [0, 0.05) is 0 Å². The predicted octanol–water partition coefficient (Wildman–Crippen LogP) is 11.2. The number of ether oxygens (including phenoxy) is 1. The molecular weight excluding hydrogens is 520 g/mol. The summed E-state index contributed by atoms with van der Waals surface area (Å²) in [4.78, 5) is 0. The number of methoxy groups -OCH3 is 1. The third-order valence-electron chi connectivity index (χ3n) is 7.30. The van der Waals surface area contributed by atoms with Gasteiger partial charge in [0.1, 0.15) is 5.75 Å². The highest BCUT2D eigenvalue weighted by Crippen LogP contribution is 2.30. The molecule has 1 nitrogen and oxygen atoms in total. The fraction of sp³-hybridized carbons (Fsp3) is 0.0476. The second-order valence-electron chi connectivity index (χ2n) is 10.2. The molecule has 1 heteroatoms. The normalized spacial score (nSPS) is 12.4. The van der Waals surface area contributed by atoms with E-state index in [1.54, 1.807) is 7.11 Å². The third kappa shape index (κ3) is 7.47. The van der Waals surface area contributed by atoms with Crippen molar-refractivity contribution in [3.05, 3.63) is 198 Å². The average molecular weight is 557 g/mol. The molecule has 0 aliphatic heterocycles. The van der Waals surface area contributed by atoms with Crippen LogP contribution < -0.4 is 4.74 Å². The lowest BCUT2D eigenvalue weighted by molar-refractivity contribution is 0.415. The SMILES string of the molecule is C=C/C=C(\C=C/C)C(=C\c1ccc(-c2ccc(/C=C(/c3ccccc3)c3ccc(OC)cc3)cc2)cc1)/c1ccccc1. The van der Waals surface area contributed by atoms with Crippen LogP contribution in [0.15, 0.2) is 170 Å². The molecule has 0 fully saturated rings. The first kappa shape index (κ1) is 29.1. The maximum Gasteiger partial charge on any atom is 0.118 e. The summed E-state index contributed by atoms with van der Waals surface area (Å²) >= 11 is 0. The number of allylic oxidation sites excluding steroid dienone is 6. The Morgan fingerprint density at radius 2 is 1.09 bits per heavy atom. The minimum Gasteiger partial charge on any atom is -0.497 e. The molecule has 0 saturated carbocycles. The molecule has 5 aromatic rings. The molecule has 0 aromatic heterocycles. The van der Waals surface area contributed by atoms with E-state index in [0.29, 0.717) is 0 Å². The van der Waals surface area contributed by atoms with Gasteiger partial charge >= 0.3 is 0 Å². The van der Waals surface area contributed by atoms with Crippen LogP contribution in [0.3, 0.4) is 0 Å². The van der Waals surface area contributed by atoms with Crippen LogP contribution in [-0.2, 0) is 0 Å². The van der Waals surface area contributed by atoms with Gasteiger partial charge < -0.3 is 4.74 Å². The van der Waals surface area contributed by atoms with Gasteiger partial charge in [0.2, 0.25) is 0 Å². The summed E-state index contributed by atoms with van der Waals surface area (Å²) in [5.74, 6) is 0.852. The molecule has 0 amide bonds. The van der Waals surface area contributed by atoms with Crippen LogP contribution in [0.1, 0.15) is 34.7 Å². The van der Waals surface area contributed by atoms with Crippen LogP contribution in [0.5, 0.6) is 5.75 Å². The van der Waals surface area contributed by atoms with Gasteiger partial charge in [-0.15, -0.1) is 0 Å². The zero-order valence-electron chi connectivity index (χ0n) is 24.8. The van der Waals surface area contributed by atoms with E-state index in [-0.39, 0.29) is 0 Å². The second-order valence-corrected chi connectivity index (χ2v) is 10.2. The summed E-state index contributed by atoms with van der Waals surface area (Å²) in [6, 6.07) is 46.8. The van der Waals surface area contributed by atoms with E-state index in [2.05, 4.69) is 146 Å². The van der Waals surface area contributed by atoms with Crippen molar-refractivity contribution in [1.82, 2.24) is 0 Å². The molecule has 0 bridgehead atoms. The molecule has 43 heavy (non-hydrogen) atoms. The van der Waals surface area contributed by atoms with Crippen molar-refractivity contribution in [2.24, 2.45) is 0 Å². The minimum atomic E-state index is 0.852. The smallest absolute Gasteiger partial charge is 0.118 e.